The molecule has 1 amide bonds. The lowest BCUT2D eigenvalue weighted by Gasteiger charge is -2.36. The number of hydrogen-bond acceptors (Lipinski definition) is 5. The molecule has 1 atom stereocenters. The molecule has 0 saturated carbocycles. The summed E-state index contributed by atoms with van der Waals surface area (Å²) in [5, 5.41) is 0. The number of unbranched alkanes of at least 4 members (excludes halogenated alkanes) is 1. The normalized spacial score (nSPS) is 15.3. The first kappa shape index (κ1) is 17.3. The minimum Gasteiger partial charge on any atom is -0.487 e. The summed E-state index contributed by atoms with van der Waals surface area (Å²) in [6, 6.07) is 1.45. The number of nitrogens with one attached hydrogen (secondary N) is 1. The summed E-state index contributed by atoms with van der Waals surface area (Å²) in [5.41, 5.74) is 3.16. The van der Waals surface area contributed by atoms with Crippen LogP contribution in [0.25, 0.3) is 0 Å². The summed E-state index contributed by atoms with van der Waals surface area (Å²) in [7, 11) is 3.94. The van der Waals surface area contributed by atoms with Gasteiger partial charge in [-0.15, -0.1) is 0 Å². The van der Waals surface area contributed by atoms with Crippen molar-refractivity contribution in [2.75, 3.05) is 39.3 Å². The lowest BCUT2D eigenvalue weighted by atomic mass is 10.2. The van der Waals surface area contributed by atoms with E-state index >= 15 is 0 Å². The molecule has 2 heterocycles. The fourth-order valence-electron chi connectivity index (χ4n) is 2.65. The second kappa shape index (κ2) is 7.50. The van der Waals surface area contributed by atoms with Crippen molar-refractivity contribution in [3.63, 3.8) is 0 Å². The number of hydrogen-bond donors (Lipinski definition) is 1. The van der Waals surface area contributed by atoms with Crippen molar-refractivity contribution in [3.05, 3.63) is 28.2 Å². The molecule has 1 aromatic rings. The largest absolute Gasteiger partial charge is 0.487 e. The fourth-order valence-corrected chi connectivity index (χ4v) is 2.65. The van der Waals surface area contributed by atoms with Gasteiger partial charge in [0.1, 0.15) is 6.67 Å². The highest BCUT2D eigenvalue weighted by molar-refractivity contribution is 5.96. The van der Waals surface area contributed by atoms with Gasteiger partial charge >= 0.3 is 0 Å². The molecule has 0 fully saturated rings. The van der Waals surface area contributed by atoms with E-state index in [1.54, 1.807) is 15.8 Å². The van der Waals surface area contributed by atoms with E-state index in [0.717, 1.165) is 19.4 Å². The Kier molecular flexibility index (Phi) is 5.65. The van der Waals surface area contributed by atoms with Gasteiger partial charge in [-0.1, -0.05) is 13.3 Å². The molecule has 0 aromatic carbocycles. The second-order valence-corrected chi connectivity index (χ2v) is 6.13. The number of pyridine rings is 1. The lowest BCUT2D eigenvalue weighted by Crippen LogP contribution is -2.52. The van der Waals surface area contributed by atoms with Gasteiger partial charge in [0.05, 0.1) is 6.61 Å². The molecule has 1 aliphatic rings. The molecule has 7 heteroatoms. The van der Waals surface area contributed by atoms with E-state index in [0.29, 0.717) is 13.3 Å². The first-order chi connectivity index (χ1) is 11.0. The third-order valence-corrected chi connectivity index (χ3v) is 3.84. The molecule has 128 valence electrons. The van der Waals surface area contributed by atoms with Crippen LogP contribution in [0.4, 0.5) is 0 Å². The number of aromatic nitrogens is 1. The Hall–Kier alpha value is -2.02. The Morgan fingerprint density at radius 2 is 2.13 bits per heavy atom. The topological polar surface area (TPSA) is 66.8 Å². The van der Waals surface area contributed by atoms with Gasteiger partial charge in [0.15, 0.2) is 11.4 Å². The molecule has 7 nitrogen and oxygen atoms in total. The number of fused-ring (bicyclic) bond motifs is 1. The molecule has 0 radical (unpaired) electrons. The van der Waals surface area contributed by atoms with Crippen molar-refractivity contribution in [1.29, 1.82) is 0 Å². The van der Waals surface area contributed by atoms with Crippen LogP contribution in [0.1, 0.15) is 37.2 Å². The van der Waals surface area contributed by atoms with Crippen molar-refractivity contribution < 1.29 is 9.53 Å². The molecule has 1 N–H and O–H groups in total. The Morgan fingerprint density at radius 3 is 2.78 bits per heavy atom. The van der Waals surface area contributed by atoms with E-state index in [4.69, 9.17) is 4.74 Å². The molecule has 0 spiro atoms. The Balaban J connectivity index is 2.30. The molecule has 23 heavy (non-hydrogen) atoms. The van der Waals surface area contributed by atoms with Crippen LogP contribution in [0.5, 0.6) is 5.75 Å². The van der Waals surface area contributed by atoms with E-state index in [-0.39, 0.29) is 28.8 Å². The summed E-state index contributed by atoms with van der Waals surface area (Å²) in [4.78, 5) is 28.8. The maximum Gasteiger partial charge on any atom is 0.278 e. The zero-order chi connectivity index (χ0) is 17.0. The van der Waals surface area contributed by atoms with Gasteiger partial charge in [0, 0.05) is 24.8 Å². The molecular formula is C16H26N4O3. The number of amides is 1. The average molecular weight is 322 g/mol. The minimum absolute atomic E-state index is 0.0255. The molecule has 0 bridgehead atoms. The van der Waals surface area contributed by atoms with Gasteiger partial charge in [-0.05, 0) is 27.4 Å². The Morgan fingerprint density at radius 1 is 1.39 bits per heavy atom. The van der Waals surface area contributed by atoms with Crippen molar-refractivity contribution in [2.45, 2.75) is 32.7 Å². The molecule has 0 aliphatic carbocycles. The molecule has 2 rings (SSSR count). The van der Waals surface area contributed by atoms with Crippen LogP contribution in [0, 0.1) is 0 Å². The van der Waals surface area contributed by atoms with Gasteiger partial charge in [0.2, 0.25) is 5.43 Å². The van der Waals surface area contributed by atoms with E-state index in [1.165, 1.54) is 6.07 Å². The first-order valence-electron chi connectivity index (χ1n) is 8.03. The van der Waals surface area contributed by atoms with Gasteiger partial charge in [-0.2, -0.15) is 0 Å². The smallest absolute Gasteiger partial charge is 0.278 e. The molecule has 1 aliphatic heterocycles. The van der Waals surface area contributed by atoms with Crippen molar-refractivity contribution in [3.8, 4) is 5.75 Å². The number of carbonyl (C=O) groups is 1. The standard InChI is InChI=1S/C16H26N4O3/c1-5-6-9-23-15-13(21)7-8-20-14(15)16(22)19(11-17-20)12(2)10-18(3)4/h7-8,12,17H,5-6,9-11H2,1-4H3. The number of nitrogens with zero attached hydrogens (tertiary/aromatic N) is 3. The number of rotatable bonds is 7. The maximum atomic E-state index is 12.9. The van der Waals surface area contributed by atoms with Crippen LogP contribution in [-0.4, -0.2) is 60.3 Å². The van der Waals surface area contributed by atoms with Gasteiger partial charge in [-0.25, -0.2) is 0 Å². The number of ether oxygens (including phenoxy) is 1. The van der Waals surface area contributed by atoms with Gasteiger partial charge in [0.25, 0.3) is 5.91 Å². The zero-order valence-electron chi connectivity index (χ0n) is 14.3. The van der Waals surface area contributed by atoms with E-state index in [2.05, 4.69) is 5.43 Å². The van der Waals surface area contributed by atoms with Crippen molar-refractivity contribution >= 4 is 5.91 Å². The molecule has 1 aromatic heterocycles. The highest BCUT2D eigenvalue weighted by Crippen LogP contribution is 2.20. The van der Waals surface area contributed by atoms with Crippen molar-refractivity contribution in [2.24, 2.45) is 0 Å². The number of likely N-dealkylation sites (N-methyl/N-ethyl adjacent to an activating group) is 1. The SMILES string of the molecule is CCCCOc1c2n(ccc1=O)NCN(C(C)CN(C)C)C2=O. The van der Waals surface area contributed by atoms with E-state index < -0.39 is 0 Å². The second-order valence-electron chi connectivity index (χ2n) is 6.13. The van der Waals surface area contributed by atoms with Crippen molar-refractivity contribution in [1.82, 2.24) is 14.5 Å². The minimum atomic E-state index is -0.260. The number of carbonyl (C=O) groups excluding carboxylic acids is 1. The quantitative estimate of drug-likeness (QED) is 0.757. The third kappa shape index (κ3) is 3.85. The van der Waals surface area contributed by atoms with Crippen LogP contribution >= 0.6 is 0 Å². The molecule has 1 unspecified atom stereocenters. The maximum absolute atomic E-state index is 12.9. The summed E-state index contributed by atoms with van der Waals surface area (Å²) >= 11 is 0. The fraction of sp³-hybridized carbons (Fsp3) is 0.625. The highest BCUT2D eigenvalue weighted by Gasteiger charge is 2.31. The molecular weight excluding hydrogens is 296 g/mol. The van der Waals surface area contributed by atoms with E-state index in [9.17, 15) is 9.59 Å². The zero-order valence-corrected chi connectivity index (χ0v) is 14.3. The van der Waals surface area contributed by atoms with Gasteiger partial charge in [-0.3, -0.25) is 14.3 Å². The van der Waals surface area contributed by atoms with E-state index in [1.807, 2.05) is 32.8 Å². The predicted molar refractivity (Wildman–Crippen MR) is 89.5 cm³/mol. The summed E-state index contributed by atoms with van der Waals surface area (Å²) < 4.78 is 7.21. The van der Waals surface area contributed by atoms with Crippen LogP contribution in [0.3, 0.4) is 0 Å². The molecule has 0 saturated heterocycles. The van der Waals surface area contributed by atoms with Gasteiger partial charge < -0.3 is 20.0 Å². The van der Waals surface area contributed by atoms with Crippen LogP contribution < -0.4 is 15.6 Å². The van der Waals surface area contributed by atoms with Crippen LogP contribution in [0.2, 0.25) is 0 Å². The lowest BCUT2D eigenvalue weighted by molar-refractivity contribution is 0.0629. The third-order valence-electron chi connectivity index (χ3n) is 3.84. The van der Waals surface area contributed by atoms with Crippen LogP contribution in [0.15, 0.2) is 17.1 Å². The Labute approximate surface area is 136 Å². The predicted octanol–water partition coefficient (Wildman–Crippen LogP) is 0.934. The first-order valence-corrected chi connectivity index (χ1v) is 8.03. The monoisotopic (exact) mass is 322 g/mol. The highest BCUT2D eigenvalue weighted by atomic mass is 16.5. The average Bonchev–Trinajstić information content (AvgIpc) is 2.49. The summed E-state index contributed by atoms with van der Waals surface area (Å²) in [6.07, 6.45) is 3.39. The summed E-state index contributed by atoms with van der Waals surface area (Å²) in [5.74, 6) is -0.0394. The Bertz CT molecular complexity index is 612. The summed E-state index contributed by atoms with van der Waals surface area (Å²) in [6.45, 7) is 5.62. The van der Waals surface area contributed by atoms with Crippen LogP contribution in [-0.2, 0) is 0 Å².